The van der Waals surface area contributed by atoms with Gasteiger partial charge in [0.25, 0.3) is 5.91 Å². The van der Waals surface area contributed by atoms with E-state index < -0.39 is 23.6 Å². The van der Waals surface area contributed by atoms with Crippen LogP contribution in [-0.2, 0) is 19.1 Å². The molecule has 2 fully saturated rings. The molecule has 0 radical (unpaired) electrons. The van der Waals surface area contributed by atoms with Crippen molar-refractivity contribution < 1.29 is 24.2 Å². The molecule has 0 spiro atoms. The van der Waals surface area contributed by atoms with Gasteiger partial charge in [-0.1, -0.05) is 26.2 Å². The number of rotatable bonds is 5. The summed E-state index contributed by atoms with van der Waals surface area (Å²) in [7, 11) is 0. The maximum absolute atomic E-state index is 13.0. The molecule has 2 rings (SSSR count). The summed E-state index contributed by atoms with van der Waals surface area (Å²) < 4.78 is 5.36. The van der Waals surface area contributed by atoms with Gasteiger partial charge in [0.15, 0.2) is 6.10 Å². The number of hydrogen-bond acceptors (Lipinski definition) is 4. The van der Waals surface area contributed by atoms with E-state index in [2.05, 4.69) is 0 Å². The number of carbonyl (C=O) groups excluding carboxylic acids is 2. The van der Waals surface area contributed by atoms with Crippen molar-refractivity contribution in [3.8, 4) is 0 Å². The number of amides is 1. The van der Waals surface area contributed by atoms with Crippen molar-refractivity contribution in [2.75, 3.05) is 6.54 Å². The molecule has 130 valence electrons. The Kier molecular flexibility index (Phi) is 5.65. The summed E-state index contributed by atoms with van der Waals surface area (Å²) in [5.74, 6) is -1.76. The summed E-state index contributed by atoms with van der Waals surface area (Å²) in [4.78, 5) is 37.8. The predicted octanol–water partition coefficient (Wildman–Crippen LogP) is 2.35. The lowest BCUT2D eigenvalue weighted by atomic mass is 9.84. The molecular weight excluding hydrogens is 298 g/mol. The molecule has 1 amide bonds. The largest absolute Gasteiger partial charge is 0.479 e. The normalized spacial score (nSPS) is 26.8. The number of carboxylic acid groups (broad SMARTS) is 1. The minimum Gasteiger partial charge on any atom is -0.479 e. The molecule has 1 saturated carbocycles. The Labute approximate surface area is 137 Å². The third kappa shape index (κ3) is 3.51. The monoisotopic (exact) mass is 325 g/mol. The maximum Gasteiger partial charge on any atom is 0.329 e. The maximum atomic E-state index is 13.0. The zero-order valence-corrected chi connectivity index (χ0v) is 14.0. The Balaban J connectivity index is 2.24. The Morgan fingerprint density at radius 2 is 1.87 bits per heavy atom. The molecule has 2 aliphatic rings. The van der Waals surface area contributed by atoms with E-state index in [4.69, 9.17) is 4.74 Å². The molecule has 0 aromatic rings. The van der Waals surface area contributed by atoms with Crippen LogP contribution >= 0.6 is 0 Å². The highest BCUT2D eigenvalue weighted by atomic mass is 16.5. The van der Waals surface area contributed by atoms with Gasteiger partial charge in [-0.05, 0) is 32.1 Å². The predicted molar refractivity (Wildman–Crippen MR) is 83.7 cm³/mol. The fourth-order valence-electron chi connectivity index (χ4n) is 4.06. The number of hydrogen-bond donors (Lipinski definition) is 1. The van der Waals surface area contributed by atoms with Crippen molar-refractivity contribution in [2.24, 2.45) is 5.92 Å². The van der Waals surface area contributed by atoms with Crippen LogP contribution in [-0.4, -0.2) is 46.0 Å². The first-order valence-corrected chi connectivity index (χ1v) is 8.64. The molecule has 6 nitrogen and oxygen atoms in total. The second-order valence-corrected chi connectivity index (χ2v) is 6.71. The summed E-state index contributed by atoms with van der Waals surface area (Å²) in [6, 6.07) is 0. The van der Waals surface area contributed by atoms with E-state index in [1.165, 1.54) is 11.8 Å². The van der Waals surface area contributed by atoms with Gasteiger partial charge in [0.2, 0.25) is 0 Å². The summed E-state index contributed by atoms with van der Waals surface area (Å²) in [5, 5.41) is 9.66. The third-order valence-electron chi connectivity index (χ3n) is 5.35. The van der Waals surface area contributed by atoms with Gasteiger partial charge < -0.3 is 14.7 Å². The molecule has 0 bridgehead atoms. The average Bonchev–Trinajstić information content (AvgIpc) is 2.98. The summed E-state index contributed by atoms with van der Waals surface area (Å²) in [6.07, 6.45) is 5.54. The SMILES string of the molecule is CCC1(C(=O)O)CCCN1C(=O)[C@H](OC(C)=O)C1CCCCC1. The molecule has 1 saturated heterocycles. The zero-order chi connectivity index (χ0) is 17.0. The van der Waals surface area contributed by atoms with Crippen LogP contribution in [0.15, 0.2) is 0 Å². The van der Waals surface area contributed by atoms with Crippen LogP contribution < -0.4 is 0 Å². The lowest BCUT2D eigenvalue weighted by Gasteiger charge is -2.38. The van der Waals surface area contributed by atoms with Crippen molar-refractivity contribution >= 4 is 17.8 Å². The van der Waals surface area contributed by atoms with Gasteiger partial charge in [0.05, 0.1) is 0 Å². The number of carboxylic acids is 1. The van der Waals surface area contributed by atoms with Crippen LogP contribution in [0.1, 0.15) is 65.2 Å². The van der Waals surface area contributed by atoms with Crippen molar-refractivity contribution in [2.45, 2.75) is 76.9 Å². The van der Waals surface area contributed by atoms with Crippen molar-refractivity contribution in [1.82, 2.24) is 4.90 Å². The van der Waals surface area contributed by atoms with Crippen LogP contribution in [0.25, 0.3) is 0 Å². The average molecular weight is 325 g/mol. The number of ether oxygens (including phenoxy) is 1. The highest BCUT2D eigenvalue weighted by Crippen LogP contribution is 2.36. The standard InChI is InChI=1S/C17H27NO5/c1-3-17(16(21)22)10-7-11-18(17)15(20)14(23-12(2)19)13-8-5-4-6-9-13/h13-14H,3-11H2,1-2H3,(H,21,22)/t14-,17?/m1/s1. The van der Waals surface area contributed by atoms with Crippen LogP contribution in [0.4, 0.5) is 0 Å². The molecule has 2 atom stereocenters. The number of esters is 1. The Hall–Kier alpha value is -1.59. The molecule has 1 aliphatic carbocycles. The topological polar surface area (TPSA) is 83.9 Å². The molecule has 23 heavy (non-hydrogen) atoms. The van der Waals surface area contributed by atoms with Gasteiger partial charge in [-0.3, -0.25) is 9.59 Å². The van der Waals surface area contributed by atoms with Gasteiger partial charge in [-0.2, -0.15) is 0 Å². The first-order chi connectivity index (χ1) is 10.9. The molecule has 1 N–H and O–H groups in total. The van der Waals surface area contributed by atoms with Gasteiger partial charge in [0, 0.05) is 19.4 Å². The van der Waals surface area contributed by atoms with E-state index in [9.17, 15) is 19.5 Å². The minimum absolute atomic E-state index is 0.00380. The van der Waals surface area contributed by atoms with Gasteiger partial charge >= 0.3 is 11.9 Å². The van der Waals surface area contributed by atoms with E-state index in [0.29, 0.717) is 25.8 Å². The first-order valence-electron chi connectivity index (χ1n) is 8.64. The van der Waals surface area contributed by atoms with E-state index in [1.54, 1.807) is 6.92 Å². The summed E-state index contributed by atoms with van der Waals surface area (Å²) >= 11 is 0. The molecule has 1 unspecified atom stereocenters. The van der Waals surface area contributed by atoms with Crippen LogP contribution in [0.5, 0.6) is 0 Å². The van der Waals surface area contributed by atoms with Crippen LogP contribution in [0.2, 0.25) is 0 Å². The number of likely N-dealkylation sites (tertiary alicyclic amines) is 1. The van der Waals surface area contributed by atoms with E-state index in [-0.39, 0.29) is 11.8 Å². The highest BCUT2D eigenvalue weighted by molar-refractivity contribution is 5.91. The first kappa shape index (κ1) is 17.8. The second-order valence-electron chi connectivity index (χ2n) is 6.71. The van der Waals surface area contributed by atoms with E-state index in [1.807, 2.05) is 0 Å². The fourth-order valence-corrected chi connectivity index (χ4v) is 4.06. The summed E-state index contributed by atoms with van der Waals surface area (Å²) in [6.45, 7) is 3.52. The Morgan fingerprint density at radius 3 is 2.39 bits per heavy atom. The van der Waals surface area contributed by atoms with E-state index >= 15 is 0 Å². The molecule has 0 aromatic carbocycles. The Morgan fingerprint density at radius 1 is 1.22 bits per heavy atom. The summed E-state index contributed by atoms with van der Waals surface area (Å²) in [5.41, 5.74) is -1.15. The molecule has 6 heteroatoms. The second kappa shape index (κ2) is 7.32. The van der Waals surface area contributed by atoms with Crippen molar-refractivity contribution in [3.05, 3.63) is 0 Å². The zero-order valence-electron chi connectivity index (χ0n) is 14.0. The van der Waals surface area contributed by atoms with Crippen molar-refractivity contribution in [1.29, 1.82) is 0 Å². The minimum atomic E-state index is -1.15. The molecular formula is C17H27NO5. The molecule has 1 aliphatic heterocycles. The third-order valence-corrected chi connectivity index (χ3v) is 5.35. The molecule has 1 heterocycles. The smallest absolute Gasteiger partial charge is 0.329 e. The van der Waals surface area contributed by atoms with Gasteiger partial charge in [0.1, 0.15) is 5.54 Å². The van der Waals surface area contributed by atoms with Crippen molar-refractivity contribution in [3.63, 3.8) is 0 Å². The highest BCUT2D eigenvalue weighted by Gasteiger charge is 2.51. The van der Waals surface area contributed by atoms with Crippen LogP contribution in [0, 0.1) is 5.92 Å². The quantitative estimate of drug-likeness (QED) is 0.784. The lowest BCUT2D eigenvalue weighted by molar-refractivity contribution is -0.170. The van der Waals surface area contributed by atoms with Gasteiger partial charge in [-0.25, -0.2) is 4.79 Å². The number of nitrogens with zero attached hydrogens (tertiary/aromatic N) is 1. The van der Waals surface area contributed by atoms with Gasteiger partial charge in [-0.15, -0.1) is 0 Å². The number of aliphatic carboxylic acids is 1. The van der Waals surface area contributed by atoms with Crippen LogP contribution in [0.3, 0.4) is 0 Å². The number of carbonyl (C=O) groups is 3. The molecule has 0 aromatic heterocycles. The lowest BCUT2D eigenvalue weighted by Crippen LogP contribution is -2.57. The van der Waals surface area contributed by atoms with E-state index in [0.717, 1.165) is 32.1 Å². The fraction of sp³-hybridized carbons (Fsp3) is 0.824. The Bertz CT molecular complexity index is 472.